The topological polar surface area (TPSA) is 66.5 Å². The highest BCUT2D eigenvalue weighted by atomic mass is 16.5. The van der Waals surface area contributed by atoms with Gasteiger partial charge < -0.3 is 14.1 Å². The monoisotopic (exact) mass is 348 g/mol. The Morgan fingerprint density at radius 1 is 1.19 bits per heavy atom. The second kappa shape index (κ2) is 7.75. The molecule has 0 saturated carbocycles. The minimum absolute atomic E-state index is 0.119. The van der Waals surface area contributed by atoms with Crippen molar-refractivity contribution in [3.63, 3.8) is 0 Å². The number of ether oxygens (including phenoxy) is 1. The highest BCUT2D eigenvalue weighted by Crippen LogP contribution is 2.27. The van der Waals surface area contributed by atoms with Crippen LogP contribution in [-0.2, 0) is 17.8 Å². The van der Waals surface area contributed by atoms with Gasteiger partial charge in [0, 0.05) is 31.0 Å². The predicted molar refractivity (Wildman–Crippen MR) is 98.7 cm³/mol. The third-order valence-corrected chi connectivity index (χ3v) is 4.28. The van der Waals surface area contributed by atoms with E-state index in [-0.39, 0.29) is 12.5 Å². The molecule has 0 radical (unpaired) electrons. The molecule has 1 amide bonds. The minimum atomic E-state index is -0.162. The lowest BCUT2D eigenvalue weighted by Crippen LogP contribution is -2.31. The van der Waals surface area contributed by atoms with Gasteiger partial charge in [0.05, 0.1) is 5.56 Å². The first-order valence-corrected chi connectivity index (χ1v) is 8.49. The summed E-state index contributed by atoms with van der Waals surface area (Å²) >= 11 is 0. The van der Waals surface area contributed by atoms with E-state index in [0.29, 0.717) is 17.9 Å². The molecule has 0 aliphatic heterocycles. The van der Waals surface area contributed by atoms with E-state index in [2.05, 4.69) is 6.07 Å². The maximum Gasteiger partial charge on any atom is 0.260 e. The van der Waals surface area contributed by atoms with E-state index in [0.717, 1.165) is 28.7 Å². The smallest absolute Gasteiger partial charge is 0.260 e. The zero-order chi connectivity index (χ0) is 18.5. The molecule has 0 saturated heterocycles. The summed E-state index contributed by atoms with van der Waals surface area (Å²) in [6.07, 6.45) is 0.762. The lowest BCUT2D eigenvalue weighted by molar-refractivity contribution is -0.132. The average Bonchev–Trinajstić information content (AvgIpc) is 3.03. The number of benzene rings is 2. The van der Waals surface area contributed by atoms with Gasteiger partial charge in [0.25, 0.3) is 5.91 Å². The van der Waals surface area contributed by atoms with Crippen molar-refractivity contribution < 1.29 is 13.9 Å². The van der Waals surface area contributed by atoms with Crippen molar-refractivity contribution >= 4 is 16.9 Å². The molecule has 3 aromatic rings. The summed E-state index contributed by atoms with van der Waals surface area (Å²) in [5.74, 6) is 1.14. The fourth-order valence-electron chi connectivity index (χ4n) is 2.87. The zero-order valence-corrected chi connectivity index (χ0v) is 14.9. The van der Waals surface area contributed by atoms with Crippen molar-refractivity contribution in [2.75, 3.05) is 13.7 Å². The van der Waals surface area contributed by atoms with Crippen LogP contribution in [-0.4, -0.2) is 24.5 Å². The first-order valence-electron chi connectivity index (χ1n) is 8.49. The van der Waals surface area contributed by atoms with E-state index in [1.165, 1.54) is 0 Å². The summed E-state index contributed by atoms with van der Waals surface area (Å²) < 4.78 is 11.4. The molecule has 0 unspecified atom stereocenters. The van der Waals surface area contributed by atoms with Gasteiger partial charge in [0.1, 0.15) is 23.2 Å². The Morgan fingerprint density at radius 2 is 1.92 bits per heavy atom. The minimum Gasteiger partial charge on any atom is -0.482 e. The van der Waals surface area contributed by atoms with Crippen molar-refractivity contribution in [1.29, 1.82) is 5.26 Å². The molecular weight excluding hydrogens is 328 g/mol. The van der Waals surface area contributed by atoms with Crippen LogP contribution in [0.15, 0.2) is 52.9 Å². The van der Waals surface area contributed by atoms with Crippen molar-refractivity contribution in [3.05, 3.63) is 65.4 Å². The van der Waals surface area contributed by atoms with Gasteiger partial charge >= 0.3 is 0 Å². The number of amides is 1. The molecule has 5 nitrogen and oxygen atoms in total. The number of hydrogen-bond acceptors (Lipinski definition) is 4. The van der Waals surface area contributed by atoms with Gasteiger partial charge in [0.15, 0.2) is 6.61 Å². The predicted octanol–water partition coefficient (Wildman–Crippen LogP) is 3.90. The molecule has 1 aromatic heterocycles. The van der Waals surface area contributed by atoms with Crippen LogP contribution < -0.4 is 4.74 Å². The first kappa shape index (κ1) is 17.6. The van der Waals surface area contributed by atoms with E-state index in [1.54, 1.807) is 36.2 Å². The maximum atomic E-state index is 12.5. The molecule has 0 N–H and O–H groups in total. The van der Waals surface area contributed by atoms with Crippen LogP contribution in [0, 0.1) is 11.3 Å². The zero-order valence-electron chi connectivity index (χ0n) is 14.9. The quantitative estimate of drug-likeness (QED) is 0.677. The SMILES string of the molecule is CCc1oc2ccccc2c1CN(C)C(=O)COc1ccccc1C#N. The third-order valence-electron chi connectivity index (χ3n) is 4.28. The second-order valence-corrected chi connectivity index (χ2v) is 6.00. The molecule has 5 heteroatoms. The van der Waals surface area contributed by atoms with Gasteiger partial charge in [-0.3, -0.25) is 4.79 Å². The number of nitriles is 1. The Kier molecular flexibility index (Phi) is 5.23. The Balaban J connectivity index is 1.71. The summed E-state index contributed by atoms with van der Waals surface area (Å²) in [5.41, 5.74) is 2.27. The molecule has 0 fully saturated rings. The summed E-state index contributed by atoms with van der Waals surface area (Å²) in [7, 11) is 1.74. The molecule has 26 heavy (non-hydrogen) atoms. The van der Waals surface area contributed by atoms with Gasteiger partial charge in [-0.05, 0) is 18.2 Å². The molecule has 0 bridgehead atoms. The molecule has 0 spiro atoms. The van der Waals surface area contributed by atoms with Crippen molar-refractivity contribution in [2.24, 2.45) is 0 Å². The number of hydrogen-bond donors (Lipinski definition) is 0. The number of furan rings is 1. The Labute approximate surface area is 152 Å². The number of rotatable bonds is 6. The van der Waals surface area contributed by atoms with E-state index >= 15 is 0 Å². The van der Waals surface area contributed by atoms with Crippen LogP contribution in [0.3, 0.4) is 0 Å². The molecule has 0 atom stereocenters. The molecule has 3 rings (SSSR count). The highest BCUT2D eigenvalue weighted by molar-refractivity contribution is 5.83. The number of likely N-dealkylation sites (N-methyl/N-ethyl adjacent to an activating group) is 1. The van der Waals surface area contributed by atoms with E-state index in [4.69, 9.17) is 14.4 Å². The van der Waals surface area contributed by atoms with E-state index in [9.17, 15) is 4.79 Å². The van der Waals surface area contributed by atoms with Gasteiger partial charge in [-0.1, -0.05) is 37.3 Å². The number of aryl methyl sites for hydroxylation is 1. The molecule has 0 aliphatic rings. The lowest BCUT2D eigenvalue weighted by Gasteiger charge is -2.18. The average molecular weight is 348 g/mol. The number of carbonyl (C=O) groups is 1. The first-order chi connectivity index (χ1) is 12.6. The van der Waals surface area contributed by atoms with Gasteiger partial charge in [-0.15, -0.1) is 0 Å². The molecule has 1 heterocycles. The summed E-state index contributed by atoms with van der Waals surface area (Å²) in [4.78, 5) is 14.1. The van der Waals surface area contributed by atoms with Gasteiger partial charge in [0.2, 0.25) is 0 Å². The van der Waals surface area contributed by atoms with Crippen LogP contribution in [0.2, 0.25) is 0 Å². The number of fused-ring (bicyclic) bond motifs is 1. The van der Waals surface area contributed by atoms with E-state index < -0.39 is 0 Å². The fourth-order valence-corrected chi connectivity index (χ4v) is 2.87. The van der Waals surface area contributed by atoms with Crippen molar-refractivity contribution in [1.82, 2.24) is 4.90 Å². The van der Waals surface area contributed by atoms with Crippen LogP contribution in [0.5, 0.6) is 5.75 Å². The molecular formula is C21H20N2O3. The third kappa shape index (κ3) is 3.55. The van der Waals surface area contributed by atoms with Crippen LogP contribution >= 0.6 is 0 Å². The molecule has 132 valence electrons. The number of para-hydroxylation sites is 2. The number of carbonyl (C=O) groups excluding carboxylic acids is 1. The second-order valence-electron chi connectivity index (χ2n) is 6.00. The van der Waals surface area contributed by atoms with E-state index in [1.807, 2.05) is 31.2 Å². The van der Waals surface area contributed by atoms with Crippen molar-refractivity contribution in [3.8, 4) is 11.8 Å². The maximum absolute atomic E-state index is 12.5. The van der Waals surface area contributed by atoms with Crippen LogP contribution in [0.25, 0.3) is 11.0 Å². The highest BCUT2D eigenvalue weighted by Gasteiger charge is 2.18. The molecule has 0 aliphatic carbocycles. The van der Waals surface area contributed by atoms with Gasteiger partial charge in [-0.2, -0.15) is 5.26 Å². The lowest BCUT2D eigenvalue weighted by atomic mass is 10.1. The van der Waals surface area contributed by atoms with Crippen LogP contribution in [0.1, 0.15) is 23.8 Å². The normalized spacial score (nSPS) is 10.5. The molecule has 2 aromatic carbocycles. The Hall–Kier alpha value is -3.26. The summed E-state index contributed by atoms with van der Waals surface area (Å²) in [5, 5.41) is 10.1. The standard InChI is InChI=1S/C21H20N2O3/c1-3-18-17(16-9-5-7-11-20(16)26-18)13-23(2)21(24)14-25-19-10-6-4-8-15(19)12-22/h4-11H,3,13-14H2,1-2H3. The Bertz CT molecular complexity index is 969. The number of nitrogens with zero attached hydrogens (tertiary/aromatic N) is 2. The summed E-state index contributed by atoms with van der Waals surface area (Å²) in [6.45, 7) is 2.36. The van der Waals surface area contributed by atoms with Gasteiger partial charge in [-0.25, -0.2) is 0 Å². The summed E-state index contributed by atoms with van der Waals surface area (Å²) in [6, 6.07) is 16.8. The Morgan fingerprint density at radius 3 is 2.69 bits per heavy atom. The fraction of sp³-hybridized carbons (Fsp3) is 0.238. The van der Waals surface area contributed by atoms with Crippen LogP contribution in [0.4, 0.5) is 0 Å². The largest absolute Gasteiger partial charge is 0.482 e. The van der Waals surface area contributed by atoms with Crippen molar-refractivity contribution in [2.45, 2.75) is 19.9 Å².